The van der Waals surface area contributed by atoms with Gasteiger partial charge in [-0.1, -0.05) is 0 Å². The third-order valence-corrected chi connectivity index (χ3v) is 4.84. The molecule has 0 saturated heterocycles. The monoisotopic (exact) mass is 360 g/mol. The molecule has 0 aliphatic heterocycles. The van der Waals surface area contributed by atoms with Crippen LogP contribution in [0.2, 0.25) is 0 Å². The summed E-state index contributed by atoms with van der Waals surface area (Å²) >= 11 is 1.92. The van der Waals surface area contributed by atoms with Crippen molar-refractivity contribution in [1.82, 2.24) is 9.80 Å². The number of nitrogens with zero attached hydrogens (tertiary/aromatic N) is 6. The molecule has 0 bridgehead atoms. The molecule has 7 heteroatoms. The van der Waals surface area contributed by atoms with E-state index in [1.54, 1.807) is 0 Å². The Bertz CT molecular complexity index is 402. The summed E-state index contributed by atoms with van der Waals surface area (Å²) in [5.74, 6) is 2.15. The molecule has 25 heavy (non-hydrogen) atoms. The number of nitriles is 4. The van der Waals surface area contributed by atoms with E-state index in [2.05, 4.69) is 34.1 Å². The van der Waals surface area contributed by atoms with Gasteiger partial charge in [0.1, 0.15) is 0 Å². The number of thioether (sulfide) groups is 1. The lowest BCUT2D eigenvalue weighted by Crippen LogP contribution is -2.27. The lowest BCUT2D eigenvalue weighted by molar-refractivity contribution is 0.286. The smallest absolute Gasteiger partial charge is 0.0635 e. The van der Waals surface area contributed by atoms with Crippen molar-refractivity contribution in [2.24, 2.45) is 0 Å². The van der Waals surface area contributed by atoms with Gasteiger partial charge in [0, 0.05) is 51.9 Å². The molecule has 0 aromatic heterocycles. The van der Waals surface area contributed by atoms with Gasteiger partial charge in [0.05, 0.1) is 24.3 Å². The normalized spacial score (nSPS) is 10.2. The van der Waals surface area contributed by atoms with Crippen molar-refractivity contribution in [3.8, 4) is 24.3 Å². The molecule has 0 spiro atoms. The number of hydrogen-bond acceptors (Lipinski definition) is 7. The zero-order chi connectivity index (χ0) is 18.6. The largest absolute Gasteiger partial charge is 0.301 e. The molecule has 6 nitrogen and oxygen atoms in total. The van der Waals surface area contributed by atoms with E-state index in [9.17, 15) is 0 Å². The molecule has 0 fully saturated rings. The molecule has 0 heterocycles. The Balaban J connectivity index is 3.77. The van der Waals surface area contributed by atoms with Crippen molar-refractivity contribution in [3.05, 3.63) is 0 Å². The average Bonchev–Trinajstić information content (AvgIpc) is 2.63. The summed E-state index contributed by atoms with van der Waals surface area (Å²) in [5.41, 5.74) is 0. The molecular formula is C18H28N6S. The Hall–Kier alpha value is -1.77. The zero-order valence-corrected chi connectivity index (χ0v) is 15.8. The summed E-state index contributed by atoms with van der Waals surface area (Å²) in [7, 11) is 0. The maximum absolute atomic E-state index is 8.68. The van der Waals surface area contributed by atoms with Gasteiger partial charge in [-0.2, -0.15) is 32.8 Å². The molecule has 0 aromatic carbocycles. The van der Waals surface area contributed by atoms with Crippen LogP contribution < -0.4 is 0 Å². The summed E-state index contributed by atoms with van der Waals surface area (Å²) in [6.07, 6.45) is 4.18. The Morgan fingerprint density at radius 2 is 0.840 bits per heavy atom. The molecule has 0 aliphatic carbocycles. The van der Waals surface area contributed by atoms with Gasteiger partial charge >= 0.3 is 0 Å². The lowest BCUT2D eigenvalue weighted by atomic mass is 10.3. The van der Waals surface area contributed by atoms with E-state index in [-0.39, 0.29) is 0 Å². The van der Waals surface area contributed by atoms with Gasteiger partial charge in [-0.25, -0.2) is 0 Å². The first kappa shape index (κ1) is 23.2. The molecule has 0 atom stereocenters. The maximum Gasteiger partial charge on any atom is 0.0635 e. The van der Waals surface area contributed by atoms with Gasteiger partial charge in [0.25, 0.3) is 0 Å². The quantitative estimate of drug-likeness (QED) is 0.390. The minimum absolute atomic E-state index is 0.514. The van der Waals surface area contributed by atoms with Crippen LogP contribution in [0.4, 0.5) is 0 Å². The maximum atomic E-state index is 8.68. The molecule has 0 saturated carbocycles. The minimum atomic E-state index is 0.514. The van der Waals surface area contributed by atoms with Gasteiger partial charge in [0.15, 0.2) is 0 Å². The van der Waals surface area contributed by atoms with Gasteiger partial charge in [0.2, 0.25) is 0 Å². The fourth-order valence-electron chi connectivity index (χ4n) is 2.39. The molecule has 136 valence electrons. The van der Waals surface area contributed by atoms with Crippen LogP contribution in [0.15, 0.2) is 0 Å². The van der Waals surface area contributed by atoms with Gasteiger partial charge in [-0.05, 0) is 37.4 Å². The van der Waals surface area contributed by atoms with Crippen molar-refractivity contribution in [3.63, 3.8) is 0 Å². The first-order chi connectivity index (χ1) is 12.3. The molecule has 0 N–H and O–H groups in total. The molecule has 0 unspecified atom stereocenters. The van der Waals surface area contributed by atoms with E-state index < -0.39 is 0 Å². The highest BCUT2D eigenvalue weighted by Gasteiger charge is 2.05. The van der Waals surface area contributed by atoms with Crippen LogP contribution in [0.25, 0.3) is 0 Å². The second-order valence-electron chi connectivity index (χ2n) is 5.64. The van der Waals surface area contributed by atoms with Crippen molar-refractivity contribution in [2.45, 2.75) is 38.5 Å². The minimum Gasteiger partial charge on any atom is -0.301 e. The Morgan fingerprint density at radius 1 is 0.520 bits per heavy atom. The summed E-state index contributed by atoms with van der Waals surface area (Å²) in [6, 6.07) is 8.63. The van der Waals surface area contributed by atoms with Crippen LogP contribution in [-0.2, 0) is 0 Å². The highest BCUT2D eigenvalue weighted by molar-refractivity contribution is 7.99. The van der Waals surface area contributed by atoms with E-state index in [1.807, 2.05) is 11.8 Å². The topological polar surface area (TPSA) is 102 Å². The summed E-state index contributed by atoms with van der Waals surface area (Å²) in [4.78, 5) is 4.39. The third kappa shape index (κ3) is 15.5. The van der Waals surface area contributed by atoms with Gasteiger partial charge in [-0.3, -0.25) is 0 Å². The Labute approximate surface area is 156 Å². The predicted molar refractivity (Wildman–Crippen MR) is 100 cm³/mol. The van der Waals surface area contributed by atoms with Crippen LogP contribution in [0.1, 0.15) is 38.5 Å². The van der Waals surface area contributed by atoms with E-state index in [0.717, 1.165) is 63.6 Å². The highest BCUT2D eigenvalue weighted by atomic mass is 32.2. The summed E-state index contributed by atoms with van der Waals surface area (Å²) in [5, 5.41) is 34.7. The molecule has 0 rings (SSSR count). The summed E-state index contributed by atoms with van der Waals surface area (Å²) in [6.45, 7) is 4.86. The van der Waals surface area contributed by atoms with Gasteiger partial charge in [-0.15, -0.1) is 0 Å². The van der Waals surface area contributed by atoms with Crippen LogP contribution >= 0.6 is 11.8 Å². The first-order valence-electron chi connectivity index (χ1n) is 8.78. The Kier molecular flexibility index (Phi) is 17.3. The SMILES string of the molecule is N#CCCN(CCC#N)CCCSCCCN(CCC#N)CCC#N. The van der Waals surface area contributed by atoms with E-state index in [0.29, 0.717) is 25.7 Å². The third-order valence-electron chi connectivity index (χ3n) is 3.69. The van der Waals surface area contributed by atoms with Crippen LogP contribution in [0.3, 0.4) is 0 Å². The van der Waals surface area contributed by atoms with Crippen molar-refractivity contribution in [2.75, 3.05) is 50.8 Å². The fourth-order valence-corrected chi connectivity index (χ4v) is 3.26. The average molecular weight is 361 g/mol. The van der Waals surface area contributed by atoms with Crippen molar-refractivity contribution in [1.29, 1.82) is 21.0 Å². The molecule has 0 amide bonds. The van der Waals surface area contributed by atoms with Crippen LogP contribution in [-0.4, -0.2) is 60.6 Å². The molecule has 0 aromatic rings. The van der Waals surface area contributed by atoms with E-state index in [4.69, 9.17) is 21.0 Å². The number of rotatable bonds is 16. The van der Waals surface area contributed by atoms with Crippen molar-refractivity contribution < 1.29 is 0 Å². The molecule has 0 radical (unpaired) electrons. The standard InChI is InChI=1S/C18H28N6S/c19-7-1-11-23(12-2-8-20)15-5-17-25-18-6-16-24(13-3-9-21)14-4-10-22/h1-6,11-18H2. The van der Waals surface area contributed by atoms with E-state index in [1.165, 1.54) is 0 Å². The highest BCUT2D eigenvalue weighted by Crippen LogP contribution is 2.07. The van der Waals surface area contributed by atoms with Gasteiger partial charge < -0.3 is 9.80 Å². The molecular weight excluding hydrogens is 332 g/mol. The molecule has 0 aliphatic rings. The fraction of sp³-hybridized carbons (Fsp3) is 0.778. The second kappa shape index (κ2) is 18.6. The second-order valence-corrected chi connectivity index (χ2v) is 6.86. The van der Waals surface area contributed by atoms with Crippen LogP contribution in [0, 0.1) is 45.3 Å². The first-order valence-corrected chi connectivity index (χ1v) is 9.94. The zero-order valence-electron chi connectivity index (χ0n) is 15.0. The summed E-state index contributed by atoms with van der Waals surface area (Å²) < 4.78 is 0. The Morgan fingerprint density at radius 3 is 1.12 bits per heavy atom. The number of hydrogen-bond donors (Lipinski definition) is 0. The van der Waals surface area contributed by atoms with E-state index >= 15 is 0 Å². The van der Waals surface area contributed by atoms with Crippen LogP contribution in [0.5, 0.6) is 0 Å². The lowest BCUT2D eigenvalue weighted by Gasteiger charge is -2.20. The van der Waals surface area contributed by atoms with Crippen molar-refractivity contribution >= 4 is 11.8 Å². The predicted octanol–water partition coefficient (Wildman–Crippen LogP) is 2.76.